The fourth-order valence-corrected chi connectivity index (χ4v) is 2.97. The van der Waals surface area contributed by atoms with Crippen molar-refractivity contribution in [2.24, 2.45) is 0 Å². The van der Waals surface area contributed by atoms with Crippen molar-refractivity contribution < 1.29 is 9.90 Å². The molecule has 0 unspecified atom stereocenters. The summed E-state index contributed by atoms with van der Waals surface area (Å²) in [5, 5.41) is 18.0. The maximum atomic E-state index is 10.9. The number of rotatable bonds is 5. The molecule has 23 heavy (non-hydrogen) atoms. The van der Waals surface area contributed by atoms with E-state index in [9.17, 15) is 4.79 Å². The number of benzene rings is 2. The van der Waals surface area contributed by atoms with Gasteiger partial charge in [-0.05, 0) is 24.6 Å². The minimum absolute atomic E-state index is 0.0568. The molecule has 0 aliphatic rings. The van der Waals surface area contributed by atoms with Crippen molar-refractivity contribution in [3.8, 4) is 17.1 Å². The van der Waals surface area contributed by atoms with Crippen molar-refractivity contribution in [3.63, 3.8) is 0 Å². The summed E-state index contributed by atoms with van der Waals surface area (Å²) >= 11 is 1.16. The Labute approximate surface area is 138 Å². The second-order valence-corrected chi connectivity index (χ2v) is 5.92. The number of thioether (sulfide) groups is 1. The number of carbonyl (C=O) groups is 1. The first kappa shape index (κ1) is 15.3. The molecule has 1 heterocycles. The lowest BCUT2D eigenvalue weighted by molar-refractivity contribution is -0.133. The van der Waals surface area contributed by atoms with Crippen LogP contribution in [-0.4, -0.2) is 31.6 Å². The van der Waals surface area contributed by atoms with Crippen LogP contribution in [0.4, 0.5) is 0 Å². The van der Waals surface area contributed by atoms with Gasteiger partial charge in [-0.3, -0.25) is 9.36 Å². The van der Waals surface area contributed by atoms with E-state index in [1.54, 1.807) is 0 Å². The summed E-state index contributed by atoms with van der Waals surface area (Å²) < 4.78 is 1.90. The van der Waals surface area contributed by atoms with Crippen LogP contribution < -0.4 is 0 Å². The maximum absolute atomic E-state index is 10.9. The number of aliphatic carboxylic acids is 1. The number of aryl methyl sites for hydroxylation is 1. The van der Waals surface area contributed by atoms with Gasteiger partial charge < -0.3 is 5.11 Å². The zero-order valence-electron chi connectivity index (χ0n) is 12.5. The van der Waals surface area contributed by atoms with Crippen LogP contribution in [0.3, 0.4) is 0 Å². The molecule has 3 aromatic rings. The standard InChI is InChI=1S/C17H15N3O2S/c1-12-7-5-6-10-14(12)16-18-19-17(23-11-15(21)22)20(16)13-8-3-2-4-9-13/h2-10H,11H2,1H3,(H,21,22). The highest BCUT2D eigenvalue weighted by Gasteiger charge is 2.17. The van der Waals surface area contributed by atoms with Gasteiger partial charge >= 0.3 is 5.97 Å². The van der Waals surface area contributed by atoms with Gasteiger partial charge in [0.25, 0.3) is 0 Å². The maximum Gasteiger partial charge on any atom is 0.313 e. The molecular weight excluding hydrogens is 310 g/mol. The molecule has 5 nitrogen and oxygen atoms in total. The Kier molecular flexibility index (Phi) is 4.43. The average Bonchev–Trinajstić information content (AvgIpc) is 2.98. The third-order valence-corrected chi connectivity index (χ3v) is 4.27. The number of hydrogen-bond donors (Lipinski definition) is 1. The third-order valence-electron chi connectivity index (χ3n) is 3.36. The number of aromatic nitrogens is 3. The molecule has 6 heteroatoms. The SMILES string of the molecule is Cc1ccccc1-c1nnc(SCC(=O)O)n1-c1ccccc1. The van der Waals surface area contributed by atoms with Crippen LogP contribution in [0.2, 0.25) is 0 Å². The van der Waals surface area contributed by atoms with E-state index in [2.05, 4.69) is 10.2 Å². The van der Waals surface area contributed by atoms with Crippen molar-refractivity contribution >= 4 is 17.7 Å². The van der Waals surface area contributed by atoms with Crippen molar-refractivity contribution in [3.05, 3.63) is 60.2 Å². The second-order valence-electron chi connectivity index (χ2n) is 4.97. The van der Waals surface area contributed by atoms with Gasteiger partial charge in [0, 0.05) is 11.3 Å². The van der Waals surface area contributed by atoms with Crippen molar-refractivity contribution in [2.45, 2.75) is 12.1 Å². The van der Waals surface area contributed by atoms with Gasteiger partial charge in [0.15, 0.2) is 11.0 Å². The molecule has 0 saturated carbocycles. The lowest BCUT2D eigenvalue weighted by atomic mass is 10.1. The molecule has 0 aliphatic carbocycles. The first-order valence-corrected chi connectivity index (χ1v) is 8.07. The summed E-state index contributed by atoms with van der Waals surface area (Å²) in [5.41, 5.74) is 2.97. The Morgan fingerprint density at radius 1 is 1.09 bits per heavy atom. The molecule has 0 spiro atoms. The molecule has 0 radical (unpaired) electrons. The quantitative estimate of drug-likeness (QED) is 0.728. The number of carboxylic acids is 1. The predicted molar refractivity (Wildman–Crippen MR) is 89.9 cm³/mol. The predicted octanol–water partition coefficient (Wildman–Crippen LogP) is 3.42. The van der Waals surface area contributed by atoms with Gasteiger partial charge in [-0.2, -0.15) is 0 Å². The minimum Gasteiger partial charge on any atom is -0.481 e. The highest BCUT2D eigenvalue weighted by atomic mass is 32.2. The normalized spacial score (nSPS) is 10.7. The van der Waals surface area contributed by atoms with E-state index in [1.165, 1.54) is 0 Å². The number of hydrogen-bond acceptors (Lipinski definition) is 4. The Balaban J connectivity index is 2.14. The molecule has 0 atom stereocenters. The van der Waals surface area contributed by atoms with Gasteiger partial charge in [-0.1, -0.05) is 54.2 Å². The van der Waals surface area contributed by atoms with E-state index in [4.69, 9.17) is 5.11 Å². The van der Waals surface area contributed by atoms with E-state index >= 15 is 0 Å². The van der Waals surface area contributed by atoms with E-state index in [1.807, 2.05) is 66.1 Å². The summed E-state index contributed by atoms with van der Waals surface area (Å²) in [6.45, 7) is 2.02. The molecule has 0 fully saturated rings. The molecule has 116 valence electrons. The molecule has 1 aromatic heterocycles. The third kappa shape index (κ3) is 3.27. The summed E-state index contributed by atoms with van der Waals surface area (Å²) in [6.07, 6.45) is 0. The fourth-order valence-electron chi connectivity index (χ4n) is 2.30. The van der Waals surface area contributed by atoms with Gasteiger partial charge in [0.05, 0.1) is 5.75 Å². The highest BCUT2D eigenvalue weighted by molar-refractivity contribution is 7.99. The van der Waals surface area contributed by atoms with Gasteiger partial charge in [0.1, 0.15) is 0 Å². The van der Waals surface area contributed by atoms with Crippen LogP contribution in [0.1, 0.15) is 5.56 Å². The zero-order chi connectivity index (χ0) is 16.2. The molecular formula is C17H15N3O2S. The fraction of sp³-hybridized carbons (Fsp3) is 0.118. The van der Waals surface area contributed by atoms with Crippen LogP contribution in [0.15, 0.2) is 59.8 Å². The molecule has 0 aliphatic heterocycles. The monoisotopic (exact) mass is 325 g/mol. The van der Waals surface area contributed by atoms with Crippen LogP contribution in [0.25, 0.3) is 17.1 Å². The van der Waals surface area contributed by atoms with Crippen LogP contribution in [0.5, 0.6) is 0 Å². The Bertz CT molecular complexity index is 831. The smallest absolute Gasteiger partial charge is 0.313 e. The minimum atomic E-state index is -0.880. The molecule has 3 rings (SSSR count). The van der Waals surface area contributed by atoms with E-state index in [0.717, 1.165) is 28.6 Å². The largest absolute Gasteiger partial charge is 0.481 e. The average molecular weight is 325 g/mol. The van der Waals surface area contributed by atoms with Gasteiger partial charge in [0.2, 0.25) is 0 Å². The first-order chi connectivity index (χ1) is 11.2. The van der Waals surface area contributed by atoms with E-state index < -0.39 is 5.97 Å². The molecule has 0 saturated heterocycles. The summed E-state index contributed by atoms with van der Waals surface area (Å²) in [5.74, 6) is -0.226. The van der Waals surface area contributed by atoms with Gasteiger partial charge in [-0.15, -0.1) is 10.2 Å². The van der Waals surface area contributed by atoms with Crippen molar-refractivity contribution in [1.82, 2.24) is 14.8 Å². The molecule has 1 N–H and O–H groups in total. The number of carboxylic acid groups (broad SMARTS) is 1. The molecule has 0 bridgehead atoms. The van der Waals surface area contributed by atoms with E-state index in [0.29, 0.717) is 11.0 Å². The van der Waals surface area contributed by atoms with E-state index in [-0.39, 0.29) is 5.75 Å². The van der Waals surface area contributed by atoms with Gasteiger partial charge in [-0.25, -0.2) is 0 Å². The number of nitrogens with zero attached hydrogens (tertiary/aromatic N) is 3. The topological polar surface area (TPSA) is 68.0 Å². The highest BCUT2D eigenvalue weighted by Crippen LogP contribution is 2.29. The van der Waals surface area contributed by atoms with Crippen LogP contribution >= 0.6 is 11.8 Å². The summed E-state index contributed by atoms with van der Waals surface area (Å²) in [6, 6.07) is 17.6. The lowest BCUT2D eigenvalue weighted by Crippen LogP contribution is -2.03. The summed E-state index contributed by atoms with van der Waals surface area (Å²) in [7, 11) is 0. The Morgan fingerprint density at radius 3 is 2.48 bits per heavy atom. The van der Waals surface area contributed by atoms with Crippen molar-refractivity contribution in [1.29, 1.82) is 0 Å². The lowest BCUT2D eigenvalue weighted by Gasteiger charge is -2.11. The molecule has 2 aromatic carbocycles. The second kappa shape index (κ2) is 6.66. The van der Waals surface area contributed by atoms with Crippen LogP contribution in [0, 0.1) is 6.92 Å². The number of para-hydroxylation sites is 1. The van der Waals surface area contributed by atoms with Crippen LogP contribution in [-0.2, 0) is 4.79 Å². The zero-order valence-corrected chi connectivity index (χ0v) is 13.3. The summed E-state index contributed by atoms with van der Waals surface area (Å²) in [4.78, 5) is 10.9. The molecule has 0 amide bonds. The van der Waals surface area contributed by atoms with Crippen molar-refractivity contribution in [2.75, 3.05) is 5.75 Å². The first-order valence-electron chi connectivity index (χ1n) is 7.08. The Morgan fingerprint density at radius 2 is 1.78 bits per heavy atom. The Hall–Kier alpha value is -2.60.